The molecule has 0 radical (unpaired) electrons. The molecule has 0 saturated carbocycles. The van der Waals surface area contributed by atoms with Crippen molar-refractivity contribution >= 4 is 34.9 Å². The third-order valence-corrected chi connectivity index (χ3v) is 6.58. The first kappa shape index (κ1) is 24.3. The molecule has 0 aliphatic carbocycles. The molecule has 2 saturated heterocycles. The van der Waals surface area contributed by atoms with Crippen LogP contribution in [0.25, 0.3) is 0 Å². The molecule has 5 rings (SSSR count). The van der Waals surface area contributed by atoms with Gasteiger partial charge in [-0.25, -0.2) is 9.78 Å². The van der Waals surface area contributed by atoms with Gasteiger partial charge in [-0.2, -0.15) is 10.2 Å². The second kappa shape index (κ2) is 11.1. The normalized spacial score (nSPS) is 15.7. The molecular formula is C27H30N8O2. The molecule has 0 unspecified atom stereocenters. The summed E-state index contributed by atoms with van der Waals surface area (Å²) in [6.45, 7) is 7.63. The summed E-state index contributed by atoms with van der Waals surface area (Å²) in [5, 5.41) is 15.3. The van der Waals surface area contributed by atoms with Crippen LogP contribution in [-0.4, -0.2) is 73.4 Å². The van der Waals surface area contributed by atoms with E-state index in [1.807, 2.05) is 31.3 Å². The van der Waals surface area contributed by atoms with Crippen LogP contribution in [0.2, 0.25) is 0 Å². The summed E-state index contributed by atoms with van der Waals surface area (Å²) in [6, 6.07) is 17.0. The second-order valence-electron chi connectivity index (χ2n) is 9.04. The summed E-state index contributed by atoms with van der Waals surface area (Å²) >= 11 is 0. The number of hydrogen-bond acceptors (Lipinski definition) is 8. The van der Waals surface area contributed by atoms with E-state index in [0.29, 0.717) is 43.4 Å². The maximum atomic E-state index is 12.7. The van der Waals surface area contributed by atoms with Gasteiger partial charge in [0.1, 0.15) is 5.82 Å². The number of amides is 2. The number of hydrogen-bond donors (Lipinski definition) is 2. The zero-order chi connectivity index (χ0) is 25.6. The maximum Gasteiger partial charge on any atom is 0.321 e. The summed E-state index contributed by atoms with van der Waals surface area (Å²) in [6.07, 6.45) is 1.84. The number of para-hydroxylation sites is 2. The molecule has 37 heavy (non-hydrogen) atoms. The Morgan fingerprint density at radius 2 is 1.70 bits per heavy atom. The van der Waals surface area contributed by atoms with Gasteiger partial charge in [0.05, 0.1) is 36.2 Å². The first-order chi connectivity index (χ1) is 18.1. The van der Waals surface area contributed by atoms with Gasteiger partial charge in [-0.05, 0) is 43.3 Å². The number of carbonyl (C=O) groups is 1. The molecule has 3 heterocycles. The first-order valence-corrected chi connectivity index (χ1v) is 12.4. The fourth-order valence-electron chi connectivity index (χ4n) is 4.55. The molecule has 10 nitrogen and oxygen atoms in total. The van der Waals surface area contributed by atoms with Crippen LogP contribution in [0.1, 0.15) is 11.1 Å². The number of aromatic nitrogens is 2. The smallest absolute Gasteiger partial charge is 0.321 e. The van der Waals surface area contributed by atoms with Gasteiger partial charge in [-0.1, -0.05) is 12.1 Å². The van der Waals surface area contributed by atoms with Gasteiger partial charge >= 0.3 is 6.03 Å². The molecule has 0 bridgehead atoms. The Kier molecular flexibility index (Phi) is 7.33. The van der Waals surface area contributed by atoms with Crippen molar-refractivity contribution in [2.45, 2.75) is 6.92 Å². The number of carbonyl (C=O) groups excluding carboxylic acids is 1. The Hall–Kier alpha value is -4.36. The Morgan fingerprint density at radius 1 is 0.973 bits per heavy atom. The molecule has 2 aromatic carbocycles. The number of piperazine rings is 1. The van der Waals surface area contributed by atoms with E-state index in [1.165, 1.54) is 0 Å². The van der Waals surface area contributed by atoms with Crippen molar-refractivity contribution in [1.82, 2.24) is 14.9 Å². The minimum absolute atomic E-state index is 0.147. The lowest BCUT2D eigenvalue weighted by Gasteiger charge is -2.36. The number of nitrogens with zero attached hydrogens (tertiary/aromatic N) is 6. The van der Waals surface area contributed by atoms with Crippen LogP contribution in [0.5, 0.6) is 0 Å². The van der Waals surface area contributed by atoms with Gasteiger partial charge < -0.3 is 30.1 Å². The van der Waals surface area contributed by atoms with Crippen molar-refractivity contribution < 1.29 is 9.53 Å². The standard InChI is InChI=1S/C27H30N8O2/c1-20-19-29-26(31-23-4-2-3-5-24(23)33-14-16-37-17-15-33)32-25(20)34-10-12-35(13-11-34)27(36)30-22-8-6-21(18-28)7-9-22/h2-9,19H,10-17H2,1H3,(H,30,36)(H,29,31,32). The molecule has 2 fully saturated rings. The zero-order valence-corrected chi connectivity index (χ0v) is 20.9. The Morgan fingerprint density at radius 3 is 2.43 bits per heavy atom. The number of morpholine rings is 1. The van der Waals surface area contributed by atoms with E-state index in [0.717, 1.165) is 49.1 Å². The molecule has 0 atom stereocenters. The third-order valence-electron chi connectivity index (χ3n) is 6.58. The van der Waals surface area contributed by atoms with Gasteiger partial charge in [0.2, 0.25) is 5.95 Å². The Balaban J connectivity index is 1.23. The average Bonchev–Trinajstić information content (AvgIpc) is 2.95. The topological polar surface area (TPSA) is 110 Å². The summed E-state index contributed by atoms with van der Waals surface area (Å²) in [7, 11) is 0. The fourth-order valence-corrected chi connectivity index (χ4v) is 4.55. The van der Waals surface area contributed by atoms with E-state index in [2.05, 4.69) is 37.6 Å². The van der Waals surface area contributed by atoms with Gasteiger partial charge in [-0.3, -0.25) is 0 Å². The lowest BCUT2D eigenvalue weighted by molar-refractivity contribution is 0.123. The van der Waals surface area contributed by atoms with Crippen molar-refractivity contribution in [2.75, 3.05) is 72.9 Å². The SMILES string of the molecule is Cc1cnc(Nc2ccccc2N2CCOCC2)nc1N1CCN(C(=O)Nc2ccc(C#N)cc2)CC1. The van der Waals surface area contributed by atoms with E-state index >= 15 is 0 Å². The van der Waals surface area contributed by atoms with Crippen molar-refractivity contribution in [3.63, 3.8) is 0 Å². The number of rotatable bonds is 5. The van der Waals surface area contributed by atoms with Gasteiger partial charge in [-0.15, -0.1) is 0 Å². The maximum absolute atomic E-state index is 12.7. The molecule has 2 N–H and O–H groups in total. The lowest BCUT2D eigenvalue weighted by atomic mass is 10.2. The quantitative estimate of drug-likeness (QED) is 0.549. The van der Waals surface area contributed by atoms with Crippen LogP contribution >= 0.6 is 0 Å². The number of anilines is 5. The van der Waals surface area contributed by atoms with Gasteiger partial charge in [0.25, 0.3) is 0 Å². The average molecular weight is 499 g/mol. The highest BCUT2D eigenvalue weighted by Gasteiger charge is 2.24. The Bertz CT molecular complexity index is 1280. The first-order valence-electron chi connectivity index (χ1n) is 12.4. The van der Waals surface area contributed by atoms with Crippen molar-refractivity contribution in [3.8, 4) is 6.07 Å². The van der Waals surface area contributed by atoms with Crippen molar-refractivity contribution in [2.24, 2.45) is 0 Å². The molecule has 3 aromatic rings. The second-order valence-corrected chi connectivity index (χ2v) is 9.04. The summed E-state index contributed by atoms with van der Waals surface area (Å²) in [5.74, 6) is 1.41. The predicted octanol–water partition coefficient (Wildman–Crippen LogP) is 3.59. The van der Waals surface area contributed by atoms with Crippen molar-refractivity contribution in [1.29, 1.82) is 5.26 Å². The van der Waals surface area contributed by atoms with Gasteiger partial charge in [0.15, 0.2) is 0 Å². The molecule has 2 aliphatic rings. The molecule has 190 valence electrons. The number of nitrogens with one attached hydrogen (secondary N) is 2. The van der Waals surface area contributed by atoms with E-state index in [9.17, 15) is 4.79 Å². The summed E-state index contributed by atoms with van der Waals surface area (Å²) < 4.78 is 5.50. The number of urea groups is 1. The molecule has 10 heteroatoms. The molecule has 2 aliphatic heterocycles. The van der Waals surface area contributed by atoms with Crippen molar-refractivity contribution in [3.05, 3.63) is 65.9 Å². The highest BCUT2D eigenvalue weighted by molar-refractivity contribution is 5.89. The van der Waals surface area contributed by atoms with E-state index < -0.39 is 0 Å². The van der Waals surface area contributed by atoms with Crippen LogP contribution in [0.4, 0.5) is 33.6 Å². The third kappa shape index (κ3) is 5.73. The van der Waals surface area contributed by atoms with Crippen LogP contribution < -0.4 is 20.4 Å². The minimum atomic E-state index is -0.147. The predicted molar refractivity (Wildman–Crippen MR) is 143 cm³/mol. The highest BCUT2D eigenvalue weighted by atomic mass is 16.5. The van der Waals surface area contributed by atoms with Crippen LogP contribution in [0.3, 0.4) is 0 Å². The van der Waals surface area contributed by atoms with Gasteiger partial charge in [0, 0.05) is 56.7 Å². The van der Waals surface area contributed by atoms with Crippen LogP contribution in [-0.2, 0) is 4.74 Å². The monoisotopic (exact) mass is 498 g/mol. The number of benzene rings is 2. The number of aryl methyl sites for hydroxylation is 1. The van der Waals surface area contributed by atoms with Crippen LogP contribution in [0, 0.1) is 18.3 Å². The van der Waals surface area contributed by atoms with E-state index in [4.69, 9.17) is 15.0 Å². The molecular weight excluding hydrogens is 468 g/mol. The Labute approximate surface area is 216 Å². The lowest BCUT2D eigenvalue weighted by Crippen LogP contribution is -2.50. The van der Waals surface area contributed by atoms with Crippen LogP contribution in [0.15, 0.2) is 54.7 Å². The van der Waals surface area contributed by atoms with E-state index in [1.54, 1.807) is 29.2 Å². The molecule has 2 amide bonds. The number of nitriles is 1. The highest BCUT2D eigenvalue weighted by Crippen LogP contribution is 2.29. The zero-order valence-electron chi connectivity index (χ0n) is 20.9. The fraction of sp³-hybridized carbons (Fsp3) is 0.333. The summed E-state index contributed by atoms with van der Waals surface area (Å²) in [5.41, 5.74) is 4.29. The number of ether oxygens (including phenoxy) is 1. The van der Waals surface area contributed by atoms with E-state index in [-0.39, 0.29) is 6.03 Å². The largest absolute Gasteiger partial charge is 0.378 e. The summed E-state index contributed by atoms with van der Waals surface area (Å²) in [4.78, 5) is 28.4. The molecule has 1 aromatic heterocycles. The molecule has 0 spiro atoms. The minimum Gasteiger partial charge on any atom is -0.378 e.